The Hall–Kier alpha value is -2.54. The summed E-state index contributed by atoms with van der Waals surface area (Å²) in [6, 6.07) is 14.4. The highest BCUT2D eigenvalue weighted by atomic mass is 79.9. The molecule has 1 atom stereocenters. The molecule has 2 amide bonds. The number of ether oxygens (including phenoxy) is 2. The number of halogens is 1. The molecular formula is C24H29BrN2O4. The van der Waals surface area contributed by atoms with Crippen LogP contribution in [-0.4, -0.2) is 42.5 Å². The van der Waals surface area contributed by atoms with Gasteiger partial charge in [0.1, 0.15) is 17.5 Å². The van der Waals surface area contributed by atoms with Crippen LogP contribution in [0.4, 0.5) is 0 Å². The second-order valence-electron chi connectivity index (χ2n) is 7.78. The average molecular weight is 489 g/mol. The molecular weight excluding hydrogens is 460 g/mol. The molecule has 1 aliphatic carbocycles. The summed E-state index contributed by atoms with van der Waals surface area (Å²) in [5, 5.41) is 3.10. The Balaban J connectivity index is 1.70. The molecule has 1 aliphatic rings. The summed E-state index contributed by atoms with van der Waals surface area (Å²) in [5.41, 5.74) is 0.915. The Morgan fingerprint density at radius 2 is 1.68 bits per heavy atom. The molecule has 1 unspecified atom stereocenters. The van der Waals surface area contributed by atoms with Gasteiger partial charge in [-0.25, -0.2) is 0 Å². The van der Waals surface area contributed by atoms with Crippen molar-refractivity contribution in [3.8, 4) is 11.5 Å². The van der Waals surface area contributed by atoms with E-state index in [0.29, 0.717) is 12.3 Å². The molecule has 31 heavy (non-hydrogen) atoms. The van der Waals surface area contributed by atoms with Gasteiger partial charge in [0.05, 0.1) is 7.11 Å². The zero-order chi connectivity index (χ0) is 22.2. The smallest absolute Gasteiger partial charge is 0.261 e. The highest BCUT2D eigenvalue weighted by molar-refractivity contribution is 9.10. The van der Waals surface area contributed by atoms with Crippen LogP contribution in [0.15, 0.2) is 53.0 Å². The van der Waals surface area contributed by atoms with Crippen molar-refractivity contribution >= 4 is 27.7 Å². The summed E-state index contributed by atoms with van der Waals surface area (Å²) in [7, 11) is 1.61. The lowest BCUT2D eigenvalue weighted by atomic mass is 10.1. The van der Waals surface area contributed by atoms with Crippen LogP contribution in [0, 0.1) is 0 Å². The molecule has 0 heterocycles. The first-order valence-corrected chi connectivity index (χ1v) is 11.4. The number of methoxy groups -OCH3 is 1. The van der Waals surface area contributed by atoms with Crippen molar-refractivity contribution in [2.45, 2.75) is 51.2 Å². The van der Waals surface area contributed by atoms with Crippen molar-refractivity contribution in [2.75, 3.05) is 13.7 Å². The van der Waals surface area contributed by atoms with Crippen LogP contribution in [0.2, 0.25) is 0 Å². The first-order valence-electron chi connectivity index (χ1n) is 10.6. The maximum Gasteiger partial charge on any atom is 0.261 e. The van der Waals surface area contributed by atoms with E-state index in [9.17, 15) is 9.59 Å². The van der Waals surface area contributed by atoms with Gasteiger partial charge in [0, 0.05) is 17.1 Å². The number of benzene rings is 2. The highest BCUT2D eigenvalue weighted by Crippen LogP contribution is 2.20. The van der Waals surface area contributed by atoms with Gasteiger partial charge < -0.3 is 19.7 Å². The molecule has 7 heteroatoms. The second kappa shape index (κ2) is 11.2. The molecule has 0 aromatic heterocycles. The number of amides is 2. The summed E-state index contributed by atoms with van der Waals surface area (Å²) < 4.78 is 11.8. The summed E-state index contributed by atoms with van der Waals surface area (Å²) >= 11 is 3.38. The summed E-state index contributed by atoms with van der Waals surface area (Å²) in [6.07, 6.45) is 4.26. The molecule has 0 radical (unpaired) electrons. The molecule has 0 saturated heterocycles. The lowest BCUT2D eigenvalue weighted by Crippen LogP contribution is -2.50. The molecule has 166 valence electrons. The Morgan fingerprint density at radius 3 is 2.29 bits per heavy atom. The third-order valence-corrected chi connectivity index (χ3v) is 6.09. The van der Waals surface area contributed by atoms with Gasteiger partial charge in [-0.3, -0.25) is 9.59 Å². The minimum Gasteiger partial charge on any atom is -0.497 e. The van der Waals surface area contributed by atoms with Crippen molar-refractivity contribution in [3.05, 3.63) is 58.6 Å². The lowest BCUT2D eigenvalue weighted by molar-refractivity contribution is -0.142. The molecule has 1 N–H and O–H groups in total. The number of carbonyl (C=O) groups excluding carboxylic acids is 2. The van der Waals surface area contributed by atoms with Gasteiger partial charge in [0.25, 0.3) is 5.91 Å². The van der Waals surface area contributed by atoms with Crippen LogP contribution in [0.3, 0.4) is 0 Å². The predicted octanol–water partition coefficient (Wildman–Crippen LogP) is 4.31. The Kier molecular flexibility index (Phi) is 8.35. The van der Waals surface area contributed by atoms with Crippen LogP contribution in [0.25, 0.3) is 0 Å². The molecule has 0 aliphatic heterocycles. The van der Waals surface area contributed by atoms with Gasteiger partial charge in [-0.1, -0.05) is 40.9 Å². The van der Waals surface area contributed by atoms with Crippen molar-refractivity contribution in [1.29, 1.82) is 0 Å². The zero-order valence-corrected chi connectivity index (χ0v) is 19.6. The van der Waals surface area contributed by atoms with Crippen molar-refractivity contribution in [1.82, 2.24) is 10.2 Å². The summed E-state index contributed by atoms with van der Waals surface area (Å²) in [5.74, 6) is 0.974. The molecule has 2 aromatic rings. The van der Waals surface area contributed by atoms with E-state index in [1.165, 1.54) is 0 Å². The highest BCUT2D eigenvalue weighted by Gasteiger charge is 2.28. The van der Waals surface area contributed by atoms with Crippen LogP contribution in [-0.2, 0) is 16.1 Å². The fourth-order valence-corrected chi connectivity index (χ4v) is 3.93. The third kappa shape index (κ3) is 6.72. The van der Waals surface area contributed by atoms with E-state index in [-0.39, 0.29) is 24.5 Å². The normalized spacial score (nSPS) is 14.7. The summed E-state index contributed by atoms with van der Waals surface area (Å²) in [6.45, 7) is 1.94. The van der Waals surface area contributed by atoms with Gasteiger partial charge in [-0.05, 0) is 61.7 Å². The van der Waals surface area contributed by atoms with Crippen LogP contribution in [0.1, 0.15) is 38.2 Å². The third-order valence-electron chi connectivity index (χ3n) is 5.56. The molecule has 2 aromatic carbocycles. The molecule has 0 spiro atoms. The fraction of sp³-hybridized carbons (Fsp3) is 0.417. The van der Waals surface area contributed by atoms with Crippen molar-refractivity contribution in [2.24, 2.45) is 0 Å². The molecule has 1 fully saturated rings. The van der Waals surface area contributed by atoms with Gasteiger partial charge in [0.2, 0.25) is 5.91 Å². The van der Waals surface area contributed by atoms with Gasteiger partial charge in [-0.2, -0.15) is 0 Å². The number of nitrogens with one attached hydrogen (secondary N) is 1. The van der Waals surface area contributed by atoms with Crippen molar-refractivity contribution in [3.63, 3.8) is 0 Å². The zero-order valence-electron chi connectivity index (χ0n) is 18.0. The minimum absolute atomic E-state index is 0.127. The predicted molar refractivity (Wildman–Crippen MR) is 123 cm³/mol. The molecule has 6 nitrogen and oxygen atoms in total. The van der Waals surface area contributed by atoms with Crippen molar-refractivity contribution < 1.29 is 19.1 Å². The first-order chi connectivity index (χ1) is 15.0. The quantitative estimate of drug-likeness (QED) is 0.570. The Bertz CT molecular complexity index is 864. The first kappa shape index (κ1) is 23.1. The number of hydrogen-bond acceptors (Lipinski definition) is 4. The van der Waals surface area contributed by atoms with Crippen LogP contribution < -0.4 is 14.8 Å². The van der Waals surface area contributed by atoms with Gasteiger partial charge in [-0.15, -0.1) is 0 Å². The largest absolute Gasteiger partial charge is 0.497 e. The van der Waals surface area contributed by atoms with Crippen LogP contribution in [0.5, 0.6) is 11.5 Å². The molecule has 0 bridgehead atoms. The van der Waals surface area contributed by atoms with E-state index in [1.54, 1.807) is 31.1 Å². The Morgan fingerprint density at radius 1 is 1.06 bits per heavy atom. The lowest BCUT2D eigenvalue weighted by Gasteiger charge is -2.29. The van der Waals surface area contributed by atoms with E-state index in [1.807, 2.05) is 36.4 Å². The van der Waals surface area contributed by atoms with E-state index in [0.717, 1.165) is 41.5 Å². The van der Waals surface area contributed by atoms with E-state index in [4.69, 9.17) is 9.47 Å². The maximum atomic E-state index is 13.1. The van der Waals surface area contributed by atoms with E-state index < -0.39 is 6.04 Å². The number of nitrogens with zero attached hydrogens (tertiary/aromatic N) is 1. The minimum atomic E-state index is -0.608. The molecule has 3 rings (SSSR count). The second-order valence-corrected chi connectivity index (χ2v) is 8.69. The van der Waals surface area contributed by atoms with Crippen LogP contribution >= 0.6 is 15.9 Å². The number of rotatable bonds is 9. The SMILES string of the molecule is COc1ccc(CN(C(=O)COc2ccc(Br)cc2)C(C)C(=O)NC2CCCC2)cc1. The maximum absolute atomic E-state index is 13.1. The number of hydrogen-bond donors (Lipinski definition) is 1. The fourth-order valence-electron chi connectivity index (χ4n) is 3.66. The van der Waals surface area contributed by atoms with E-state index >= 15 is 0 Å². The van der Waals surface area contributed by atoms with Gasteiger partial charge >= 0.3 is 0 Å². The standard InChI is InChI=1S/C24H29BrN2O4/c1-17(24(29)26-20-5-3-4-6-20)27(15-18-7-11-21(30-2)12-8-18)23(28)16-31-22-13-9-19(25)10-14-22/h7-14,17,20H,3-6,15-16H2,1-2H3,(H,26,29). The van der Waals surface area contributed by atoms with E-state index in [2.05, 4.69) is 21.2 Å². The topological polar surface area (TPSA) is 67.9 Å². The summed E-state index contributed by atoms with van der Waals surface area (Å²) in [4.78, 5) is 27.5. The Labute approximate surface area is 192 Å². The monoisotopic (exact) mass is 488 g/mol. The molecule has 1 saturated carbocycles. The number of carbonyl (C=O) groups is 2. The van der Waals surface area contributed by atoms with Gasteiger partial charge in [0.15, 0.2) is 6.61 Å². The average Bonchev–Trinajstić information content (AvgIpc) is 3.30.